The molecule has 0 aliphatic carbocycles. The molecule has 1 atom stereocenters. The van der Waals surface area contributed by atoms with E-state index in [0.717, 1.165) is 10.7 Å². The molecule has 2 rings (SSSR count). The number of hydrogen-bond acceptors (Lipinski definition) is 5. The standard InChI is InChI=1S/C12H15N5OS/c1-8(10-6-4-5-7-13-10)17(3)12(18)14-11-16-15-9(2)19-11/h4-8H,1-3H3,(H,14,16,18). The van der Waals surface area contributed by atoms with Gasteiger partial charge in [-0.15, -0.1) is 10.2 Å². The van der Waals surface area contributed by atoms with E-state index in [1.165, 1.54) is 11.3 Å². The summed E-state index contributed by atoms with van der Waals surface area (Å²) in [6, 6.07) is 5.30. The lowest BCUT2D eigenvalue weighted by molar-refractivity contribution is 0.207. The van der Waals surface area contributed by atoms with Crippen molar-refractivity contribution in [3.05, 3.63) is 35.1 Å². The van der Waals surface area contributed by atoms with E-state index in [1.54, 1.807) is 18.1 Å². The van der Waals surface area contributed by atoms with Gasteiger partial charge in [-0.05, 0) is 26.0 Å². The van der Waals surface area contributed by atoms with Gasteiger partial charge in [-0.25, -0.2) is 4.79 Å². The Balaban J connectivity index is 2.03. The third kappa shape index (κ3) is 3.25. The van der Waals surface area contributed by atoms with Gasteiger partial charge in [-0.2, -0.15) is 0 Å². The quantitative estimate of drug-likeness (QED) is 0.935. The Morgan fingerprint density at radius 3 is 2.79 bits per heavy atom. The molecule has 2 amide bonds. The SMILES string of the molecule is Cc1nnc(NC(=O)N(C)C(C)c2ccccn2)s1. The van der Waals surface area contributed by atoms with Crippen LogP contribution in [0, 0.1) is 6.92 Å². The van der Waals surface area contributed by atoms with Gasteiger partial charge in [0, 0.05) is 13.2 Å². The van der Waals surface area contributed by atoms with Crippen molar-refractivity contribution in [2.45, 2.75) is 19.9 Å². The van der Waals surface area contributed by atoms with Crippen molar-refractivity contribution >= 4 is 22.5 Å². The van der Waals surface area contributed by atoms with E-state index in [9.17, 15) is 4.79 Å². The van der Waals surface area contributed by atoms with Gasteiger partial charge in [0.05, 0.1) is 11.7 Å². The zero-order valence-corrected chi connectivity index (χ0v) is 11.8. The minimum Gasteiger partial charge on any atom is -0.319 e. The van der Waals surface area contributed by atoms with Crippen LogP contribution in [0.3, 0.4) is 0 Å². The molecule has 0 aliphatic rings. The second kappa shape index (κ2) is 5.75. The van der Waals surface area contributed by atoms with Crippen LogP contribution >= 0.6 is 11.3 Å². The van der Waals surface area contributed by atoms with Gasteiger partial charge in [0.1, 0.15) is 5.01 Å². The zero-order chi connectivity index (χ0) is 13.8. The first kappa shape index (κ1) is 13.4. The van der Waals surface area contributed by atoms with E-state index in [0.29, 0.717) is 5.13 Å². The fraction of sp³-hybridized carbons (Fsp3) is 0.333. The first-order chi connectivity index (χ1) is 9.08. The molecule has 6 nitrogen and oxygen atoms in total. The molecule has 7 heteroatoms. The molecule has 19 heavy (non-hydrogen) atoms. The van der Waals surface area contributed by atoms with E-state index in [2.05, 4.69) is 20.5 Å². The van der Waals surface area contributed by atoms with Gasteiger partial charge in [0.2, 0.25) is 5.13 Å². The summed E-state index contributed by atoms with van der Waals surface area (Å²) in [6.07, 6.45) is 1.71. The van der Waals surface area contributed by atoms with E-state index in [1.807, 2.05) is 32.0 Å². The van der Waals surface area contributed by atoms with Gasteiger partial charge < -0.3 is 4.90 Å². The first-order valence-electron chi connectivity index (χ1n) is 5.83. The number of anilines is 1. The zero-order valence-electron chi connectivity index (χ0n) is 11.0. The van der Waals surface area contributed by atoms with E-state index >= 15 is 0 Å². The molecule has 0 fully saturated rings. The fourth-order valence-electron chi connectivity index (χ4n) is 1.52. The maximum Gasteiger partial charge on any atom is 0.323 e. The summed E-state index contributed by atoms with van der Waals surface area (Å²) >= 11 is 1.34. The summed E-state index contributed by atoms with van der Waals surface area (Å²) in [4.78, 5) is 17.9. The van der Waals surface area contributed by atoms with Crippen LogP contribution in [-0.2, 0) is 0 Å². The number of amides is 2. The molecule has 1 unspecified atom stereocenters. The Morgan fingerprint density at radius 1 is 1.42 bits per heavy atom. The van der Waals surface area contributed by atoms with Gasteiger partial charge in [-0.3, -0.25) is 10.3 Å². The van der Waals surface area contributed by atoms with Crippen molar-refractivity contribution in [1.82, 2.24) is 20.1 Å². The second-order valence-electron chi connectivity index (χ2n) is 4.10. The Hall–Kier alpha value is -2.02. The Kier molecular flexibility index (Phi) is 4.06. The number of nitrogens with one attached hydrogen (secondary N) is 1. The van der Waals surface area contributed by atoms with Crippen LogP contribution in [0.15, 0.2) is 24.4 Å². The number of urea groups is 1. The summed E-state index contributed by atoms with van der Waals surface area (Å²) < 4.78 is 0. The highest BCUT2D eigenvalue weighted by atomic mass is 32.1. The Morgan fingerprint density at radius 2 is 2.21 bits per heavy atom. The Labute approximate surface area is 115 Å². The number of aryl methyl sites for hydroxylation is 1. The normalized spacial score (nSPS) is 11.9. The number of nitrogens with zero attached hydrogens (tertiary/aromatic N) is 4. The average molecular weight is 277 g/mol. The van der Waals surface area contributed by atoms with Crippen molar-refractivity contribution in [3.8, 4) is 0 Å². The second-order valence-corrected chi connectivity index (χ2v) is 5.28. The van der Waals surface area contributed by atoms with Crippen molar-refractivity contribution in [2.24, 2.45) is 0 Å². The topological polar surface area (TPSA) is 71.0 Å². The summed E-state index contributed by atoms with van der Waals surface area (Å²) in [5.41, 5.74) is 0.841. The molecule has 0 saturated heterocycles. The van der Waals surface area contributed by atoms with Crippen molar-refractivity contribution in [3.63, 3.8) is 0 Å². The number of aromatic nitrogens is 3. The molecule has 0 aromatic carbocycles. The lowest BCUT2D eigenvalue weighted by Gasteiger charge is -2.24. The Bertz CT molecular complexity index is 556. The number of hydrogen-bond donors (Lipinski definition) is 1. The third-order valence-electron chi connectivity index (χ3n) is 2.76. The molecule has 2 aromatic heterocycles. The number of rotatable bonds is 3. The number of carbonyl (C=O) groups is 1. The van der Waals surface area contributed by atoms with E-state index < -0.39 is 0 Å². The van der Waals surface area contributed by atoms with Crippen LogP contribution in [0.2, 0.25) is 0 Å². The van der Waals surface area contributed by atoms with E-state index in [-0.39, 0.29) is 12.1 Å². The molecule has 2 heterocycles. The predicted octanol–water partition coefficient (Wildman–Crippen LogP) is 2.47. The largest absolute Gasteiger partial charge is 0.323 e. The van der Waals surface area contributed by atoms with Gasteiger partial charge in [-0.1, -0.05) is 17.4 Å². The minimum absolute atomic E-state index is 0.116. The van der Waals surface area contributed by atoms with Gasteiger partial charge >= 0.3 is 6.03 Å². The average Bonchev–Trinajstić information content (AvgIpc) is 2.83. The highest BCUT2D eigenvalue weighted by Gasteiger charge is 2.19. The van der Waals surface area contributed by atoms with Crippen LogP contribution in [0.25, 0.3) is 0 Å². The van der Waals surface area contributed by atoms with Crippen molar-refractivity contribution in [1.29, 1.82) is 0 Å². The summed E-state index contributed by atoms with van der Waals surface area (Å²) in [7, 11) is 1.72. The first-order valence-corrected chi connectivity index (χ1v) is 6.64. The smallest absolute Gasteiger partial charge is 0.319 e. The summed E-state index contributed by atoms with van der Waals surface area (Å²) in [6.45, 7) is 3.76. The maximum absolute atomic E-state index is 12.1. The van der Waals surface area contributed by atoms with Crippen LogP contribution in [0.5, 0.6) is 0 Å². The molecular formula is C12H15N5OS. The minimum atomic E-state index is -0.227. The van der Waals surface area contributed by atoms with E-state index in [4.69, 9.17) is 0 Å². The molecule has 0 radical (unpaired) electrons. The molecular weight excluding hydrogens is 262 g/mol. The number of pyridine rings is 1. The van der Waals surface area contributed by atoms with Crippen molar-refractivity contribution < 1.29 is 4.79 Å². The monoisotopic (exact) mass is 277 g/mol. The molecule has 0 saturated carbocycles. The predicted molar refractivity (Wildman–Crippen MR) is 74.1 cm³/mol. The van der Waals surface area contributed by atoms with Crippen LogP contribution in [0.1, 0.15) is 23.7 Å². The van der Waals surface area contributed by atoms with Gasteiger partial charge in [0.25, 0.3) is 0 Å². The number of carbonyl (C=O) groups excluding carboxylic acids is 1. The molecule has 0 bridgehead atoms. The van der Waals surface area contributed by atoms with Crippen molar-refractivity contribution in [2.75, 3.05) is 12.4 Å². The molecule has 100 valence electrons. The lowest BCUT2D eigenvalue weighted by atomic mass is 10.2. The molecule has 2 aromatic rings. The fourth-order valence-corrected chi connectivity index (χ4v) is 2.11. The summed E-state index contributed by atoms with van der Waals surface area (Å²) in [5, 5.41) is 11.8. The van der Waals surface area contributed by atoms with Crippen LogP contribution < -0.4 is 5.32 Å². The highest BCUT2D eigenvalue weighted by molar-refractivity contribution is 7.15. The third-order valence-corrected chi connectivity index (χ3v) is 3.51. The van der Waals surface area contributed by atoms with Gasteiger partial charge in [0.15, 0.2) is 0 Å². The summed E-state index contributed by atoms with van der Waals surface area (Å²) in [5.74, 6) is 0. The molecule has 1 N–H and O–H groups in total. The molecule has 0 aliphatic heterocycles. The van der Waals surface area contributed by atoms with Crippen LogP contribution in [0.4, 0.5) is 9.93 Å². The highest BCUT2D eigenvalue weighted by Crippen LogP contribution is 2.19. The van der Waals surface area contributed by atoms with Crippen LogP contribution in [-0.4, -0.2) is 33.2 Å². The lowest BCUT2D eigenvalue weighted by Crippen LogP contribution is -2.33. The molecule has 0 spiro atoms. The maximum atomic E-state index is 12.1.